The Hall–Kier alpha value is -2.01. The number of aliphatic hydroxyl groups excluding tert-OH is 1. The Morgan fingerprint density at radius 2 is 2.00 bits per heavy atom. The molecule has 0 amide bonds. The van der Waals surface area contributed by atoms with E-state index >= 15 is 0 Å². The molecule has 1 aliphatic rings. The molecule has 0 saturated carbocycles. The molecule has 1 aromatic carbocycles. The molecule has 1 unspecified atom stereocenters. The lowest BCUT2D eigenvalue weighted by Crippen LogP contribution is -2.44. The van der Waals surface area contributed by atoms with E-state index in [4.69, 9.17) is 11.7 Å². The molecule has 0 aliphatic carbocycles. The smallest absolute Gasteiger partial charge is 0.0991 e. The minimum Gasteiger partial charge on any atom is -0.392 e. The predicted molar refractivity (Wildman–Crippen MR) is 88.5 cm³/mol. The van der Waals surface area contributed by atoms with Gasteiger partial charge < -0.3 is 15.3 Å². The topological polar surface area (TPSA) is 59.3 Å². The fraction of sp³-hybridized carbons (Fsp3) is 0.500. The van der Waals surface area contributed by atoms with Crippen LogP contribution in [-0.2, 0) is 0 Å². The van der Waals surface area contributed by atoms with E-state index in [9.17, 15) is 5.11 Å². The van der Waals surface area contributed by atoms with Gasteiger partial charge in [-0.25, -0.2) is 0 Å². The fourth-order valence-corrected chi connectivity index (χ4v) is 2.74. The summed E-state index contributed by atoms with van der Waals surface area (Å²) >= 11 is 0. The predicted octanol–water partition coefficient (Wildman–Crippen LogP) is 1.89. The fourth-order valence-electron chi connectivity index (χ4n) is 2.74. The van der Waals surface area contributed by atoms with Crippen molar-refractivity contribution in [3.8, 4) is 18.4 Å². The molecule has 0 bridgehead atoms. The van der Waals surface area contributed by atoms with Gasteiger partial charge in [-0.05, 0) is 43.5 Å². The Bertz CT molecular complexity index is 533. The summed E-state index contributed by atoms with van der Waals surface area (Å²) in [6.07, 6.45) is 8.25. The van der Waals surface area contributed by atoms with Crippen molar-refractivity contribution in [3.05, 3.63) is 29.8 Å². The van der Waals surface area contributed by atoms with Gasteiger partial charge in [0.15, 0.2) is 0 Å². The zero-order valence-electron chi connectivity index (χ0n) is 12.8. The number of nitrogens with one attached hydrogen (secondary N) is 1. The number of anilines is 1. The van der Waals surface area contributed by atoms with Crippen LogP contribution >= 0.6 is 0 Å². The third kappa shape index (κ3) is 4.77. The molecular weight excluding hydrogens is 274 g/mol. The minimum atomic E-state index is -0.354. The molecule has 116 valence electrons. The Morgan fingerprint density at radius 3 is 2.59 bits per heavy atom. The third-order valence-electron chi connectivity index (χ3n) is 4.12. The Morgan fingerprint density at radius 1 is 1.32 bits per heavy atom. The standard InChI is InChI=1S/C18H23N3O/c1-2-3-4-18(22)14-20-16-9-11-21(12-10-16)17-7-5-15(13-19)6-8-17/h1,5-8,16,18,20,22H,3-4,9-12,14H2. The first-order chi connectivity index (χ1) is 10.7. The molecule has 0 radical (unpaired) electrons. The van der Waals surface area contributed by atoms with Crippen LogP contribution in [0.3, 0.4) is 0 Å². The number of nitriles is 1. The summed E-state index contributed by atoms with van der Waals surface area (Å²) in [6.45, 7) is 2.59. The molecule has 1 atom stereocenters. The zero-order chi connectivity index (χ0) is 15.8. The highest BCUT2D eigenvalue weighted by Gasteiger charge is 2.19. The van der Waals surface area contributed by atoms with Crippen molar-refractivity contribution in [1.82, 2.24) is 5.32 Å². The summed E-state index contributed by atoms with van der Waals surface area (Å²) in [7, 11) is 0. The van der Waals surface area contributed by atoms with E-state index in [0.717, 1.165) is 25.9 Å². The lowest BCUT2D eigenvalue weighted by molar-refractivity contribution is 0.156. The van der Waals surface area contributed by atoms with E-state index in [-0.39, 0.29) is 6.10 Å². The molecule has 4 heteroatoms. The molecule has 0 aromatic heterocycles. The summed E-state index contributed by atoms with van der Waals surface area (Å²) in [5, 5.41) is 22.1. The third-order valence-corrected chi connectivity index (χ3v) is 4.12. The quantitative estimate of drug-likeness (QED) is 0.787. The second kappa shape index (κ2) is 8.44. The Labute approximate surface area is 132 Å². The number of nitrogens with zero attached hydrogens (tertiary/aromatic N) is 2. The number of piperidine rings is 1. The summed E-state index contributed by atoms with van der Waals surface area (Å²) in [4.78, 5) is 2.34. The maximum absolute atomic E-state index is 9.80. The first-order valence-corrected chi connectivity index (χ1v) is 7.83. The van der Waals surface area contributed by atoms with Crippen molar-refractivity contribution < 1.29 is 5.11 Å². The van der Waals surface area contributed by atoms with Crippen LogP contribution in [0.25, 0.3) is 0 Å². The number of rotatable bonds is 6. The van der Waals surface area contributed by atoms with Crippen molar-refractivity contribution in [1.29, 1.82) is 5.26 Å². The normalized spacial score (nSPS) is 16.8. The number of hydrogen-bond acceptors (Lipinski definition) is 4. The molecule has 1 fully saturated rings. The Balaban J connectivity index is 1.73. The lowest BCUT2D eigenvalue weighted by Gasteiger charge is -2.34. The highest BCUT2D eigenvalue weighted by Crippen LogP contribution is 2.20. The van der Waals surface area contributed by atoms with Gasteiger partial charge in [0.1, 0.15) is 0 Å². The van der Waals surface area contributed by atoms with Gasteiger partial charge in [-0.2, -0.15) is 5.26 Å². The number of aliphatic hydroxyl groups is 1. The Kier molecular flexibility index (Phi) is 6.27. The molecule has 22 heavy (non-hydrogen) atoms. The largest absolute Gasteiger partial charge is 0.392 e. The lowest BCUT2D eigenvalue weighted by atomic mass is 10.0. The van der Waals surface area contributed by atoms with Gasteiger partial charge in [-0.15, -0.1) is 12.3 Å². The highest BCUT2D eigenvalue weighted by atomic mass is 16.3. The zero-order valence-corrected chi connectivity index (χ0v) is 12.8. The number of benzene rings is 1. The van der Waals surface area contributed by atoms with Crippen LogP contribution in [-0.4, -0.2) is 36.9 Å². The number of terminal acetylenes is 1. The molecule has 2 N–H and O–H groups in total. The van der Waals surface area contributed by atoms with Gasteiger partial charge >= 0.3 is 0 Å². The monoisotopic (exact) mass is 297 g/mol. The van der Waals surface area contributed by atoms with Gasteiger partial charge in [0.2, 0.25) is 0 Å². The SMILES string of the molecule is C#CCCC(O)CNC1CCN(c2ccc(C#N)cc2)CC1. The average molecular weight is 297 g/mol. The van der Waals surface area contributed by atoms with Crippen molar-refractivity contribution in [2.75, 3.05) is 24.5 Å². The summed E-state index contributed by atoms with van der Waals surface area (Å²) < 4.78 is 0. The van der Waals surface area contributed by atoms with E-state index in [0.29, 0.717) is 31.0 Å². The molecule has 1 aliphatic heterocycles. The van der Waals surface area contributed by atoms with E-state index < -0.39 is 0 Å². The second-order valence-corrected chi connectivity index (χ2v) is 5.72. The van der Waals surface area contributed by atoms with Crippen LogP contribution < -0.4 is 10.2 Å². The van der Waals surface area contributed by atoms with Gasteiger partial charge in [-0.1, -0.05) is 0 Å². The van der Waals surface area contributed by atoms with E-state index in [1.54, 1.807) is 0 Å². The molecule has 0 spiro atoms. The molecule has 1 saturated heterocycles. The highest BCUT2D eigenvalue weighted by molar-refractivity contribution is 5.50. The van der Waals surface area contributed by atoms with Crippen LogP contribution in [0.4, 0.5) is 5.69 Å². The van der Waals surface area contributed by atoms with Crippen molar-refractivity contribution in [2.45, 2.75) is 37.8 Å². The van der Waals surface area contributed by atoms with Crippen LogP contribution in [0.5, 0.6) is 0 Å². The van der Waals surface area contributed by atoms with Gasteiger partial charge in [0, 0.05) is 37.8 Å². The van der Waals surface area contributed by atoms with E-state index in [2.05, 4.69) is 22.2 Å². The van der Waals surface area contributed by atoms with E-state index in [1.807, 2.05) is 24.3 Å². The maximum atomic E-state index is 9.80. The molecule has 1 heterocycles. The summed E-state index contributed by atoms with van der Waals surface area (Å²) in [5.74, 6) is 2.55. The van der Waals surface area contributed by atoms with Gasteiger partial charge in [-0.3, -0.25) is 0 Å². The minimum absolute atomic E-state index is 0.354. The van der Waals surface area contributed by atoms with Gasteiger partial charge in [0.05, 0.1) is 17.7 Å². The van der Waals surface area contributed by atoms with Crippen molar-refractivity contribution in [2.24, 2.45) is 0 Å². The molecule has 1 aromatic rings. The van der Waals surface area contributed by atoms with E-state index in [1.165, 1.54) is 5.69 Å². The average Bonchev–Trinajstić information content (AvgIpc) is 2.58. The van der Waals surface area contributed by atoms with Crippen LogP contribution in [0.15, 0.2) is 24.3 Å². The number of hydrogen-bond donors (Lipinski definition) is 2. The molecule has 4 nitrogen and oxygen atoms in total. The first-order valence-electron chi connectivity index (χ1n) is 7.83. The second-order valence-electron chi connectivity index (χ2n) is 5.72. The molecule has 2 rings (SSSR count). The van der Waals surface area contributed by atoms with Crippen molar-refractivity contribution >= 4 is 5.69 Å². The summed E-state index contributed by atoms with van der Waals surface area (Å²) in [5.41, 5.74) is 1.87. The van der Waals surface area contributed by atoms with Crippen LogP contribution in [0.2, 0.25) is 0 Å². The van der Waals surface area contributed by atoms with Crippen molar-refractivity contribution in [3.63, 3.8) is 0 Å². The first kappa shape index (κ1) is 16.4. The van der Waals surface area contributed by atoms with Crippen LogP contribution in [0.1, 0.15) is 31.2 Å². The van der Waals surface area contributed by atoms with Gasteiger partial charge in [0.25, 0.3) is 0 Å². The maximum Gasteiger partial charge on any atom is 0.0991 e. The van der Waals surface area contributed by atoms with Crippen LogP contribution in [0, 0.1) is 23.7 Å². The summed E-state index contributed by atoms with van der Waals surface area (Å²) in [6, 6.07) is 10.3. The molecular formula is C18H23N3O.